The molecular formula is C27H31F4N3O7. The number of amides is 2. The molecule has 0 aromatic heterocycles. The van der Waals surface area contributed by atoms with Crippen molar-refractivity contribution >= 4 is 23.8 Å². The summed E-state index contributed by atoms with van der Waals surface area (Å²) < 4.78 is 50.9. The van der Waals surface area contributed by atoms with Gasteiger partial charge in [0.1, 0.15) is 17.6 Å². The van der Waals surface area contributed by atoms with E-state index in [9.17, 15) is 31.9 Å². The summed E-state index contributed by atoms with van der Waals surface area (Å²) in [4.78, 5) is 46.9. The van der Waals surface area contributed by atoms with Crippen molar-refractivity contribution in [2.45, 2.75) is 63.5 Å². The number of nitrogens with two attached hydrogens (primary N) is 1. The number of carbonyl (C=O) groups is 4. The van der Waals surface area contributed by atoms with Crippen LogP contribution in [0.5, 0.6) is 5.75 Å². The Morgan fingerprint density at radius 1 is 1.10 bits per heavy atom. The summed E-state index contributed by atoms with van der Waals surface area (Å²) >= 11 is 0. The lowest BCUT2D eigenvalue weighted by Crippen LogP contribution is -2.47. The number of aliphatic carboxylic acids is 2. The van der Waals surface area contributed by atoms with Crippen molar-refractivity contribution in [1.29, 1.82) is 0 Å². The minimum Gasteiger partial charge on any atom is -0.479 e. The van der Waals surface area contributed by atoms with Crippen LogP contribution in [0.4, 0.5) is 17.6 Å². The molecule has 224 valence electrons. The van der Waals surface area contributed by atoms with Gasteiger partial charge in [-0.15, -0.1) is 0 Å². The number of likely N-dealkylation sites (tertiary alicyclic amines) is 1. The lowest BCUT2D eigenvalue weighted by atomic mass is 10.0. The first-order valence-electron chi connectivity index (χ1n) is 12.5. The maximum Gasteiger partial charge on any atom is 0.490 e. The summed E-state index contributed by atoms with van der Waals surface area (Å²) in [6, 6.07) is 12.0. The Hall–Kier alpha value is -4.20. The number of hydrogen-bond donors (Lipinski definition) is 4. The molecule has 5 N–H and O–H groups in total. The van der Waals surface area contributed by atoms with Crippen LogP contribution in [-0.2, 0) is 32.1 Å². The Morgan fingerprint density at radius 3 is 2.27 bits per heavy atom. The van der Waals surface area contributed by atoms with Crippen LogP contribution < -0.4 is 15.8 Å². The van der Waals surface area contributed by atoms with Gasteiger partial charge in [0.15, 0.2) is 6.10 Å². The number of ether oxygens (including phenoxy) is 1. The van der Waals surface area contributed by atoms with Crippen molar-refractivity contribution in [3.63, 3.8) is 0 Å². The van der Waals surface area contributed by atoms with Crippen molar-refractivity contribution < 1.29 is 51.7 Å². The van der Waals surface area contributed by atoms with Crippen LogP contribution in [0.15, 0.2) is 48.5 Å². The third kappa shape index (κ3) is 10.7. The van der Waals surface area contributed by atoms with E-state index < -0.39 is 36.3 Å². The summed E-state index contributed by atoms with van der Waals surface area (Å²) in [5.41, 5.74) is 7.38. The lowest BCUT2D eigenvalue weighted by Gasteiger charge is -2.25. The molecule has 2 aromatic carbocycles. The number of alkyl halides is 3. The molecule has 0 saturated carbocycles. The fourth-order valence-corrected chi connectivity index (χ4v) is 3.95. The van der Waals surface area contributed by atoms with Crippen molar-refractivity contribution in [2.24, 2.45) is 5.73 Å². The number of nitrogens with one attached hydrogen (secondary N) is 1. The molecule has 1 aliphatic heterocycles. The molecule has 0 radical (unpaired) electrons. The summed E-state index contributed by atoms with van der Waals surface area (Å²) in [5.74, 6) is -4.19. The van der Waals surface area contributed by atoms with Crippen LogP contribution in [0.25, 0.3) is 0 Å². The molecule has 2 aromatic rings. The molecule has 2 amide bonds. The molecule has 0 bridgehead atoms. The van der Waals surface area contributed by atoms with Gasteiger partial charge in [0.2, 0.25) is 11.8 Å². The number of hydrogen-bond acceptors (Lipinski definition) is 6. The number of rotatable bonds is 10. The van der Waals surface area contributed by atoms with Gasteiger partial charge in [0, 0.05) is 25.6 Å². The highest BCUT2D eigenvalue weighted by Gasteiger charge is 2.38. The highest BCUT2D eigenvalue weighted by atomic mass is 19.4. The van der Waals surface area contributed by atoms with E-state index in [4.69, 9.17) is 25.5 Å². The smallest absolute Gasteiger partial charge is 0.479 e. The van der Waals surface area contributed by atoms with Crippen molar-refractivity contribution in [3.05, 3.63) is 65.5 Å². The highest BCUT2D eigenvalue weighted by molar-refractivity contribution is 5.88. The topological polar surface area (TPSA) is 159 Å². The first-order valence-corrected chi connectivity index (χ1v) is 12.5. The SMILES string of the molecule is CC(Oc1ccc(CNC(=O)[C@@H]2CCCN2C(=O)CC(N)Cc2ccccc2F)cc1)C(=O)O.O=C(O)C(F)(F)F. The Kier molecular flexibility index (Phi) is 12.1. The third-order valence-corrected chi connectivity index (χ3v) is 6.05. The van der Waals surface area contributed by atoms with Crippen LogP contribution in [0.3, 0.4) is 0 Å². The normalized spacial score (nSPS) is 16.1. The second kappa shape index (κ2) is 15.0. The van der Waals surface area contributed by atoms with Gasteiger partial charge in [-0.1, -0.05) is 30.3 Å². The minimum atomic E-state index is -5.08. The maximum atomic E-state index is 13.9. The second-order valence-electron chi connectivity index (χ2n) is 9.27. The van der Waals surface area contributed by atoms with Gasteiger partial charge < -0.3 is 30.9 Å². The largest absolute Gasteiger partial charge is 0.490 e. The molecule has 14 heteroatoms. The molecule has 41 heavy (non-hydrogen) atoms. The zero-order valence-corrected chi connectivity index (χ0v) is 22.1. The van der Waals surface area contributed by atoms with E-state index in [0.717, 1.165) is 12.0 Å². The molecule has 2 unspecified atom stereocenters. The van der Waals surface area contributed by atoms with Gasteiger partial charge in [-0.3, -0.25) is 9.59 Å². The van der Waals surface area contributed by atoms with E-state index >= 15 is 0 Å². The quantitative estimate of drug-likeness (QED) is 0.310. The van der Waals surface area contributed by atoms with E-state index in [2.05, 4.69) is 5.32 Å². The van der Waals surface area contributed by atoms with Gasteiger partial charge in [-0.25, -0.2) is 14.0 Å². The second-order valence-corrected chi connectivity index (χ2v) is 9.27. The zero-order valence-electron chi connectivity index (χ0n) is 22.1. The molecule has 1 aliphatic rings. The fourth-order valence-electron chi connectivity index (χ4n) is 3.95. The first kappa shape index (κ1) is 33.0. The fraction of sp³-hybridized carbons (Fsp3) is 0.407. The van der Waals surface area contributed by atoms with Crippen LogP contribution >= 0.6 is 0 Å². The zero-order chi connectivity index (χ0) is 30.7. The number of halogens is 4. The third-order valence-electron chi connectivity index (χ3n) is 6.05. The van der Waals surface area contributed by atoms with E-state index in [-0.39, 0.29) is 37.0 Å². The molecule has 1 saturated heterocycles. The van der Waals surface area contributed by atoms with E-state index in [1.807, 2.05) is 0 Å². The Balaban J connectivity index is 0.000000745. The van der Waals surface area contributed by atoms with Crippen molar-refractivity contribution in [1.82, 2.24) is 10.2 Å². The summed E-state index contributed by atoms with van der Waals surface area (Å²) in [6.45, 7) is 2.19. The van der Waals surface area contributed by atoms with Crippen LogP contribution in [0.2, 0.25) is 0 Å². The van der Waals surface area contributed by atoms with Crippen LogP contribution in [-0.4, -0.2) is 69.8 Å². The van der Waals surface area contributed by atoms with E-state index in [1.165, 1.54) is 13.0 Å². The predicted octanol–water partition coefficient (Wildman–Crippen LogP) is 2.88. The van der Waals surface area contributed by atoms with Gasteiger partial charge in [0.25, 0.3) is 0 Å². The molecule has 3 atom stereocenters. The van der Waals surface area contributed by atoms with Crippen LogP contribution in [0, 0.1) is 5.82 Å². The van der Waals surface area contributed by atoms with Crippen molar-refractivity contribution in [2.75, 3.05) is 6.54 Å². The molecule has 0 spiro atoms. The number of nitrogens with zero attached hydrogens (tertiary/aromatic N) is 1. The average Bonchev–Trinajstić information content (AvgIpc) is 3.39. The van der Waals surface area contributed by atoms with Crippen molar-refractivity contribution in [3.8, 4) is 5.75 Å². The highest BCUT2D eigenvalue weighted by Crippen LogP contribution is 2.20. The Morgan fingerprint density at radius 2 is 1.71 bits per heavy atom. The van der Waals surface area contributed by atoms with Gasteiger partial charge in [-0.2, -0.15) is 13.2 Å². The van der Waals surface area contributed by atoms with E-state index in [0.29, 0.717) is 24.3 Å². The average molecular weight is 586 g/mol. The van der Waals surface area contributed by atoms with E-state index in [1.54, 1.807) is 47.4 Å². The molecule has 3 rings (SSSR count). The van der Waals surface area contributed by atoms with Crippen LogP contribution in [0.1, 0.15) is 37.3 Å². The number of benzene rings is 2. The summed E-state index contributed by atoms with van der Waals surface area (Å²) in [5, 5.41) is 18.9. The molecule has 1 fully saturated rings. The Bertz CT molecular complexity index is 1210. The molecular weight excluding hydrogens is 554 g/mol. The number of carbonyl (C=O) groups excluding carboxylic acids is 2. The molecule has 10 nitrogen and oxygen atoms in total. The Labute approximate surface area is 233 Å². The predicted molar refractivity (Wildman–Crippen MR) is 137 cm³/mol. The summed E-state index contributed by atoms with van der Waals surface area (Å²) in [7, 11) is 0. The lowest BCUT2D eigenvalue weighted by molar-refractivity contribution is -0.192. The first-order chi connectivity index (χ1) is 19.2. The molecule has 1 heterocycles. The minimum absolute atomic E-state index is 0.0361. The van der Waals surface area contributed by atoms with Gasteiger partial charge >= 0.3 is 18.1 Å². The standard InChI is InChI=1S/C25H30FN3O5.C2HF3O2/c1-16(25(32)33)34-20-10-8-17(9-11-20)15-28-24(31)22-7-4-12-29(22)23(30)14-19(27)13-18-5-2-3-6-21(18)26;3-2(4,5)1(6)7/h2-3,5-6,8-11,16,19,22H,4,7,12-15,27H2,1H3,(H,28,31)(H,32,33);(H,6,7)/t16?,19?,22-;/m0./s1. The molecule has 0 aliphatic carbocycles. The maximum absolute atomic E-state index is 13.9. The van der Waals surface area contributed by atoms with Gasteiger partial charge in [0.05, 0.1) is 0 Å². The number of carboxylic acid groups (broad SMARTS) is 2. The summed E-state index contributed by atoms with van der Waals surface area (Å²) in [6.07, 6.45) is -4.47. The van der Waals surface area contributed by atoms with Gasteiger partial charge in [-0.05, 0) is 55.5 Å². The monoisotopic (exact) mass is 585 g/mol. The number of carboxylic acids is 2.